The van der Waals surface area contributed by atoms with E-state index in [1.165, 1.54) is 5.56 Å². The molecule has 0 atom stereocenters. The van der Waals surface area contributed by atoms with Gasteiger partial charge in [-0.05, 0) is 24.1 Å². The number of nitrogens with zero attached hydrogens (tertiary/aromatic N) is 2. The molecule has 0 aliphatic carbocycles. The standard InChI is InChI=1S/C23H26N2O2S/c1-2-15-24(16-14-19-8-4-3-5-9-19)22(26)12-13-23(27)25-17-18-28-21-11-7-6-10-20(21)25/h2-11H,1,12-18H2. The lowest BCUT2D eigenvalue weighted by atomic mass is 10.1. The van der Waals surface area contributed by atoms with Gasteiger partial charge in [0.1, 0.15) is 0 Å². The van der Waals surface area contributed by atoms with Crippen molar-refractivity contribution in [2.45, 2.75) is 24.2 Å². The van der Waals surface area contributed by atoms with E-state index in [9.17, 15) is 9.59 Å². The van der Waals surface area contributed by atoms with Crippen molar-refractivity contribution >= 4 is 29.3 Å². The first-order chi connectivity index (χ1) is 13.7. The van der Waals surface area contributed by atoms with E-state index in [0.717, 1.165) is 22.8 Å². The minimum atomic E-state index is 0.00357. The Kier molecular flexibility index (Phi) is 7.31. The van der Waals surface area contributed by atoms with Gasteiger partial charge in [-0.15, -0.1) is 18.3 Å². The minimum absolute atomic E-state index is 0.00357. The predicted octanol–water partition coefficient (Wildman–Crippen LogP) is 4.16. The van der Waals surface area contributed by atoms with Gasteiger partial charge in [-0.1, -0.05) is 48.5 Å². The Balaban J connectivity index is 1.55. The van der Waals surface area contributed by atoms with E-state index in [1.807, 2.05) is 47.4 Å². The normalized spacial score (nSPS) is 12.9. The van der Waals surface area contributed by atoms with Crippen LogP contribution in [-0.4, -0.2) is 42.1 Å². The first kappa shape index (κ1) is 20.2. The Morgan fingerprint density at radius 2 is 1.82 bits per heavy atom. The largest absolute Gasteiger partial charge is 0.339 e. The summed E-state index contributed by atoms with van der Waals surface area (Å²) in [5, 5.41) is 0. The van der Waals surface area contributed by atoms with Gasteiger partial charge in [-0.3, -0.25) is 9.59 Å². The highest BCUT2D eigenvalue weighted by molar-refractivity contribution is 7.99. The lowest BCUT2D eigenvalue weighted by Gasteiger charge is -2.29. The summed E-state index contributed by atoms with van der Waals surface area (Å²) in [4.78, 5) is 30.2. The quantitative estimate of drug-likeness (QED) is 0.631. The van der Waals surface area contributed by atoms with Crippen LogP contribution >= 0.6 is 11.8 Å². The maximum atomic E-state index is 12.8. The number of carbonyl (C=O) groups is 2. The molecule has 0 fully saturated rings. The van der Waals surface area contributed by atoms with Crippen molar-refractivity contribution in [3.8, 4) is 0 Å². The van der Waals surface area contributed by atoms with Crippen LogP contribution in [0.15, 0.2) is 72.1 Å². The summed E-state index contributed by atoms with van der Waals surface area (Å²) in [6.07, 6.45) is 3.00. The lowest BCUT2D eigenvalue weighted by molar-refractivity contribution is -0.132. The average Bonchev–Trinajstić information content (AvgIpc) is 2.75. The van der Waals surface area contributed by atoms with Crippen LogP contribution < -0.4 is 4.90 Å². The molecule has 3 rings (SSSR count). The summed E-state index contributed by atoms with van der Waals surface area (Å²) in [6, 6.07) is 18.1. The number of rotatable bonds is 8. The van der Waals surface area contributed by atoms with Gasteiger partial charge in [0.15, 0.2) is 0 Å². The second-order valence-electron chi connectivity index (χ2n) is 6.73. The van der Waals surface area contributed by atoms with Crippen molar-refractivity contribution in [2.75, 3.05) is 30.3 Å². The third-order valence-corrected chi connectivity index (χ3v) is 5.84. The van der Waals surface area contributed by atoms with Crippen LogP contribution in [0.1, 0.15) is 18.4 Å². The van der Waals surface area contributed by atoms with Crippen LogP contribution in [0.2, 0.25) is 0 Å². The molecule has 2 aromatic rings. The number of hydrogen-bond acceptors (Lipinski definition) is 3. The molecule has 4 nitrogen and oxygen atoms in total. The molecule has 5 heteroatoms. The predicted molar refractivity (Wildman–Crippen MR) is 116 cm³/mol. The van der Waals surface area contributed by atoms with Crippen LogP contribution in [0.3, 0.4) is 0 Å². The molecule has 146 valence electrons. The fourth-order valence-corrected chi connectivity index (χ4v) is 4.31. The molecule has 0 unspecified atom stereocenters. The smallest absolute Gasteiger partial charge is 0.227 e. The number of thioether (sulfide) groups is 1. The minimum Gasteiger partial charge on any atom is -0.339 e. The summed E-state index contributed by atoms with van der Waals surface area (Å²) in [5.41, 5.74) is 2.16. The van der Waals surface area contributed by atoms with Gasteiger partial charge in [0.2, 0.25) is 11.8 Å². The first-order valence-corrected chi connectivity index (χ1v) is 10.6. The summed E-state index contributed by atoms with van der Waals surface area (Å²) in [7, 11) is 0. The van der Waals surface area contributed by atoms with Gasteiger partial charge in [-0.25, -0.2) is 0 Å². The number of anilines is 1. The van der Waals surface area contributed by atoms with Crippen molar-refractivity contribution in [1.29, 1.82) is 0 Å². The van der Waals surface area contributed by atoms with E-state index in [1.54, 1.807) is 22.7 Å². The van der Waals surface area contributed by atoms with Gasteiger partial charge >= 0.3 is 0 Å². The van der Waals surface area contributed by atoms with Crippen molar-refractivity contribution in [1.82, 2.24) is 4.90 Å². The fraction of sp³-hybridized carbons (Fsp3) is 0.304. The monoisotopic (exact) mass is 394 g/mol. The Labute approximate surface area is 171 Å². The molecule has 1 aliphatic heterocycles. The number of benzene rings is 2. The molecule has 28 heavy (non-hydrogen) atoms. The van der Waals surface area contributed by atoms with Gasteiger partial charge in [0.05, 0.1) is 5.69 Å². The van der Waals surface area contributed by atoms with E-state index < -0.39 is 0 Å². The first-order valence-electron chi connectivity index (χ1n) is 9.64. The molecule has 0 bridgehead atoms. The van der Waals surface area contributed by atoms with E-state index in [4.69, 9.17) is 0 Å². The van der Waals surface area contributed by atoms with Crippen molar-refractivity contribution in [2.24, 2.45) is 0 Å². The number of amides is 2. The molecule has 0 radical (unpaired) electrons. The Bertz CT molecular complexity index is 822. The highest BCUT2D eigenvalue weighted by Gasteiger charge is 2.23. The van der Waals surface area contributed by atoms with E-state index in [-0.39, 0.29) is 24.7 Å². The van der Waals surface area contributed by atoms with Gasteiger partial charge < -0.3 is 9.80 Å². The molecule has 2 amide bonds. The second kappa shape index (κ2) is 10.1. The maximum absolute atomic E-state index is 12.8. The number of fused-ring (bicyclic) bond motifs is 1. The molecule has 0 spiro atoms. The van der Waals surface area contributed by atoms with Crippen LogP contribution in [0.25, 0.3) is 0 Å². The molecule has 0 saturated carbocycles. The molecular weight excluding hydrogens is 368 g/mol. The van der Waals surface area contributed by atoms with Crippen molar-refractivity contribution in [3.63, 3.8) is 0 Å². The average molecular weight is 395 g/mol. The summed E-state index contributed by atoms with van der Waals surface area (Å²) in [5.74, 6) is 0.905. The molecule has 1 aliphatic rings. The topological polar surface area (TPSA) is 40.6 Å². The van der Waals surface area contributed by atoms with Gasteiger partial charge in [0.25, 0.3) is 0 Å². The Hall–Kier alpha value is -2.53. The van der Waals surface area contributed by atoms with E-state index in [0.29, 0.717) is 19.6 Å². The molecule has 0 saturated heterocycles. The lowest BCUT2D eigenvalue weighted by Crippen LogP contribution is -2.37. The van der Waals surface area contributed by atoms with Gasteiger partial charge in [-0.2, -0.15) is 0 Å². The molecule has 1 heterocycles. The maximum Gasteiger partial charge on any atom is 0.227 e. The number of hydrogen-bond donors (Lipinski definition) is 0. The van der Waals surface area contributed by atoms with Crippen LogP contribution in [0.4, 0.5) is 5.69 Å². The highest BCUT2D eigenvalue weighted by Crippen LogP contribution is 2.34. The summed E-state index contributed by atoms with van der Waals surface area (Å²) < 4.78 is 0. The SMILES string of the molecule is C=CCN(CCc1ccccc1)C(=O)CCC(=O)N1CCSc2ccccc21. The molecule has 0 N–H and O–H groups in total. The zero-order valence-corrected chi connectivity index (χ0v) is 16.9. The zero-order valence-electron chi connectivity index (χ0n) is 16.0. The van der Waals surface area contributed by atoms with Crippen LogP contribution in [0.5, 0.6) is 0 Å². The number of carbonyl (C=O) groups excluding carboxylic acids is 2. The highest BCUT2D eigenvalue weighted by atomic mass is 32.2. The van der Waals surface area contributed by atoms with E-state index in [2.05, 4.69) is 18.7 Å². The van der Waals surface area contributed by atoms with Gasteiger partial charge in [0, 0.05) is 43.1 Å². The van der Waals surface area contributed by atoms with Crippen molar-refractivity contribution < 1.29 is 9.59 Å². The third kappa shape index (κ3) is 5.26. The molecule has 2 aromatic carbocycles. The molecular formula is C23H26N2O2S. The third-order valence-electron chi connectivity index (χ3n) is 4.80. The van der Waals surface area contributed by atoms with Crippen LogP contribution in [0, 0.1) is 0 Å². The van der Waals surface area contributed by atoms with Crippen LogP contribution in [-0.2, 0) is 16.0 Å². The fourth-order valence-electron chi connectivity index (χ4n) is 3.32. The zero-order chi connectivity index (χ0) is 19.8. The summed E-state index contributed by atoms with van der Waals surface area (Å²) in [6.45, 7) is 5.59. The van der Waals surface area contributed by atoms with Crippen molar-refractivity contribution in [3.05, 3.63) is 72.8 Å². The Morgan fingerprint density at radius 3 is 2.61 bits per heavy atom. The summed E-state index contributed by atoms with van der Waals surface area (Å²) >= 11 is 1.77. The van der Waals surface area contributed by atoms with E-state index >= 15 is 0 Å². The number of para-hydroxylation sites is 1. The second-order valence-corrected chi connectivity index (χ2v) is 7.86. The Morgan fingerprint density at radius 1 is 1.07 bits per heavy atom. The molecule has 0 aromatic heterocycles.